The SMILES string of the molecule is Cc1noc(C)c1-c1ccc(-c2csc(N)n2)s1. The minimum Gasteiger partial charge on any atom is -0.375 e. The fourth-order valence-corrected chi connectivity index (χ4v) is 3.59. The molecule has 6 heteroatoms. The zero-order valence-electron chi connectivity index (χ0n) is 9.93. The molecule has 0 fully saturated rings. The number of nitrogens with two attached hydrogens (primary N) is 1. The van der Waals surface area contributed by atoms with E-state index in [1.165, 1.54) is 11.3 Å². The number of nitrogen functional groups attached to an aromatic ring is 1. The van der Waals surface area contributed by atoms with E-state index in [-0.39, 0.29) is 0 Å². The summed E-state index contributed by atoms with van der Waals surface area (Å²) in [4.78, 5) is 6.54. The highest BCUT2D eigenvalue weighted by Gasteiger charge is 2.14. The molecule has 0 spiro atoms. The minimum absolute atomic E-state index is 0.595. The second-order valence-corrected chi connectivity index (χ2v) is 5.91. The minimum atomic E-state index is 0.595. The molecule has 0 atom stereocenters. The van der Waals surface area contributed by atoms with Gasteiger partial charge in [0.1, 0.15) is 5.76 Å². The topological polar surface area (TPSA) is 64.9 Å². The van der Waals surface area contributed by atoms with Crippen LogP contribution in [0.1, 0.15) is 11.5 Å². The van der Waals surface area contributed by atoms with Gasteiger partial charge in [0.2, 0.25) is 0 Å². The number of hydrogen-bond acceptors (Lipinski definition) is 6. The van der Waals surface area contributed by atoms with Crippen LogP contribution in [0.15, 0.2) is 22.0 Å². The van der Waals surface area contributed by atoms with Gasteiger partial charge in [-0.15, -0.1) is 22.7 Å². The zero-order chi connectivity index (χ0) is 12.7. The molecule has 0 saturated heterocycles. The predicted octanol–water partition coefficient (Wildman–Crippen LogP) is 3.73. The van der Waals surface area contributed by atoms with Crippen LogP contribution in [0.5, 0.6) is 0 Å². The lowest BCUT2D eigenvalue weighted by Crippen LogP contribution is -1.80. The van der Waals surface area contributed by atoms with E-state index in [1.54, 1.807) is 11.3 Å². The summed E-state index contributed by atoms with van der Waals surface area (Å²) in [6, 6.07) is 4.13. The van der Waals surface area contributed by atoms with Crippen LogP contribution in [-0.2, 0) is 0 Å². The van der Waals surface area contributed by atoms with Crippen molar-refractivity contribution in [2.24, 2.45) is 0 Å². The Morgan fingerprint density at radius 3 is 2.61 bits per heavy atom. The van der Waals surface area contributed by atoms with Gasteiger partial charge in [0.05, 0.1) is 21.8 Å². The molecule has 0 amide bonds. The number of anilines is 1. The summed E-state index contributed by atoms with van der Waals surface area (Å²) in [6.07, 6.45) is 0. The maximum Gasteiger partial charge on any atom is 0.180 e. The quantitative estimate of drug-likeness (QED) is 0.775. The van der Waals surface area contributed by atoms with Crippen molar-refractivity contribution < 1.29 is 4.52 Å². The predicted molar refractivity (Wildman–Crippen MR) is 74.8 cm³/mol. The van der Waals surface area contributed by atoms with Crippen molar-refractivity contribution >= 4 is 27.8 Å². The summed E-state index contributed by atoms with van der Waals surface area (Å²) in [6.45, 7) is 3.88. The van der Waals surface area contributed by atoms with E-state index in [4.69, 9.17) is 10.3 Å². The lowest BCUT2D eigenvalue weighted by Gasteiger charge is -1.93. The molecule has 3 aromatic heterocycles. The van der Waals surface area contributed by atoms with E-state index in [0.29, 0.717) is 5.13 Å². The number of hydrogen-bond donors (Lipinski definition) is 1. The summed E-state index contributed by atoms with van der Waals surface area (Å²) in [5.74, 6) is 0.846. The molecular formula is C12H11N3OS2. The molecule has 0 aliphatic carbocycles. The second kappa shape index (κ2) is 4.22. The standard InChI is InChI=1S/C12H11N3OS2/c1-6-11(7(2)16-15-6)10-4-3-9(18-10)8-5-17-12(13)14-8/h3-5H,1-2H3,(H2,13,14). The Hall–Kier alpha value is -1.66. The van der Waals surface area contributed by atoms with Crippen molar-refractivity contribution in [2.75, 3.05) is 5.73 Å². The summed E-state index contributed by atoms with van der Waals surface area (Å²) in [7, 11) is 0. The average Bonchev–Trinajstić information content (AvgIpc) is 3.00. The van der Waals surface area contributed by atoms with Gasteiger partial charge in [-0.3, -0.25) is 0 Å². The molecule has 0 radical (unpaired) electrons. The third-order valence-electron chi connectivity index (χ3n) is 2.66. The highest BCUT2D eigenvalue weighted by molar-refractivity contribution is 7.19. The number of aromatic nitrogens is 2. The molecule has 92 valence electrons. The highest BCUT2D eigenvalue weighted by Crippen LogP contribution is 2.37. The van der Waals surface area contributed by atoms with E-state index in [1.807, 2.05) is 19.2 Å². The van der Waals surface area contributed by atoms with Gasteiger partial charge < -0.3 is 10.3 Å². The number of nitrogens with zero attached hydrogens (tertiary/aromatic N) is 2. The Kier molecular flexibility index (Phi) is 2.68. The molecule has 0 aromatic carbocycles. The first-order chi connectivity index (χ1) is 8.65. The Balaban J connectivity index is 2.04. The van der Waals surface area contributed by atoms with Gasteiger partial charge in [0.15, 0.2) is 5.13 Å². The van der Waals surface area contributed by atoms with Crippen LogP contribution in [0.2, 0.25) is 0 Å². The molecule has 3 aromatic rings. The van der Waals surface area contributed by atoms with Crippen LogP contribution < -0.4 is 5.73 Å². The molecule has 3 rings (SSSR count). The van der Waals surface area contributed by atoms with Crippen molar-refractivity contribution in [2.45, 2.75) is 13.8 Å². The number of aryl methyl sites for hydroxylation is 2. The fraction of sp³-hybridized carbons (Fsp3) is 0.167. The Labute approximate surface area is 112 Å². The van der Waals surface area contributed by atoms with Crippen LogP contribution in [0, 0.1) is 13.8 Å². The number of thiophene rings is 1. The van der Waals surface area contributed by atoms with E-state index >= 15 is 0 Å². The van der Waals surface area contributed by atoms with E-state index in [9.17, 15) is 0 Å². The van der Waals surface area contributed by atoms with Gasteiger partial charge in [0, 0.05) is 10.3 Å². The molecule has 3 heterocycles. The van der Waals surface area contributed by atoms with Crippen molar-refractivity contribution in [3.05, 3.63) is 29.0 Å². The molecule has 0 saturated carbocycles. The zero-order valence-corrected chi connectivity index (χ0v) is 11.6. The Bertz CT molecular complexity index is 676. The maximum absolute atomic E-state index is 5.65. The molecule has 0 bridgehead atoms. The maximum atomic E-state index is 5.65. The van der Waals surface area contributed by atoms with Crippen LogP contribution in [0.3, 0.4) is 0 Å². The molecule has 18 heavy (non-hydrogen) atoms. The Morgan fingerprint density at radius 1 is 1.22 bits per heavy atom. The molecule has 0 aliphatic rings. The van der Waals surface area contributed by atoms with Crippen molar-refractivity contribution in [1.82, 2.24) is 10.1 Å². The Morgan fingerprint density at radius 2 is 2.00 bits per heavy atom. The summed E-state index contributed by atoms with van der Waals surface area (Å²) in [5.41, 5.74) is 8.58. The first kappa shape index (κ1) is 11.4. The third kappa shape index (κ3) is 1.83. The van der Waals surface area contributed by atoms with Crippen LogP contribution in [-0.4, -0.2) is 10.1 Å². The van der Waals surface area contributed by atoms with Gasteiger partial charge in [0.25, 0.3) is 0 Å². The normalized spacial score (nSPS) is 11.0. The van der Waals surface area contributed by atoms with E-state index in [0.717, 1.165) is 32.5 Å². The summed E-state index contributed by atoms with van der Waals surface area (Å²) in [5, 5.41) is 6.54. The molecule has 0 unspecified atom stereocenters. The van der Waals surface area contributed by atoms with E-state index < -0.39 is 0 Å². The third-order valence-corrected chi connectivity index (χ3v) is 4.46. The number of rotatable bonds is 2. The smallest absolute Gasteiger partial charge is 0.180 e. The van der Waals surface area contributed by atoms with Crippen LogP contribution >= 0.6 is 22.7 Å². The molecule has 0 aliphatic heterocycles. The fourth-order valence-electron chi connectivity index (χ4n) is 1.85. The first-order valence-electron chi connectivity index (χ1n) is 5.39. The van der Waals surface area contributed by atoms with Crippen LogP contribution in [0.25, 0.3) is 21.0 Å². The molecular weight excluding hydrogens is 266 g/mol. The lowest BCUT2D eigenvalue weighted by molar-refractivity contribution is 0.393. The molecule has 2 N–H and O–H groups in total. The molecule has 4 nitrogen and oxygen atoms in total. The van der Waals surface area contributed by atoms with Crippen molar-refractivity contribution in [1.29, 1.82) is 0 Å². The monoisotopic (exact) mass is 277 g/mol. The van der Waals surface area contributed by atoms with Gasteiger partial charge >= 0.3 is 0 Å². The first-order valence-corrected chi connectivity index (χ1v) is 7.09. The summed E-state index contributed by atoms with van der Waals surface area (Å²) >= 11 is 3.13. The van der Waals surface area contributed by atoms with Crippen molar-refractivity contribution in [3.8, 4) is 21.0 Å². The second-order valence-electron chi connectivity index (χ2n) is 3.93. The highest BCUT2D eigenvalue weighted by atomic mass is 32.1. The van der Waals surface area contributed by atoms with Gasteiger partial charge in [-0.05, 0) is 26.0 Å². The number of thiazole rings is 1. The summed E-state index contributed by atoms with van der Waals surface area (Å²) < 4.78 is 5.19. The van der Waals surface area contributed by atoms with E-state index in [2.05, 4.69) is 22.3 Å². The van der Waals surface area contributed by atoms with Crippen LogP contribution in [0.4, 0.5) is 5.13 Å². The van der Waals surface area contributed by atoms with Gasteiger partial charge in [-0.1, -0.05) is 5.16 Å². The largest absolute Gasteiger partial charge is 0.375 e. The van der Waals surface area contributed by atoms with Crippen molar-refractivity contribution in [3.63, 3.8) is 0 Å². The van der Waals surface area contributed by atoms with Gasteiger partial charge in [-0.2, -0.15) is 0 Å². The lowest BCUT2D eigenvalue weighted by atomic mass is 10.2. The van der Waals surface area contributed by atoms with Gasteiger partial charge in [-0.25, -0.2) is 4.98 Å². The average molecular weight is 277 g/mol.